The van der Waals surface area contributed by atoms with E-state index >= 15 is 0 Å². The molecule has 0 aliphatic heterocycles. The van der Waals surface area contributed by atoms with Gasteiger partial charge >= 0.3 is 0 Å². The molecular weight excluding hydrogens is 114 g/mol. The standard InChI is InChI=1S/C6H13N3/c1-4-6-7-8-9(3)5-2/h5H,2,4,6H2,1,3H3/b8-7-. The number of nitrogens with zero attached hydrogens (tertiary/aromatic N) is 3. The van der Waals surface area contributed by atoms with Gasteiger partial charge in [0.1, 0.15) is 0 Å². The molecule has 0 fully saturated rings. The smallest absolute Gasteiger partial charge is 0.0617 e. The quantitative estimate of drug-likeness (QED) is 0.418. The van der Waals surface area contributed by atoms with Crippen molar-refractivity contribution in [1.29, 1.82) is 0 Å². The number of rotatable bonds is 4. The first kappa shape index (κ1) is 8.14. The van der Waals surface area contributed by atoms with Gasteiger partial charge < -0.3 is 0 Å². The SMILES string of the molecule is C=CN(C)/N=N\CCC. The van der Waals surface area contributed by atoms with Crippen LogP contribution in [0.1, 0.15) is 13.3 Å². The fourth-order valence-corrected chi connectivity index (χ4v) is 0.281. The molecule has 0 aliphatic carbocycles. The van der Waals surface area contributed by atoms with Gasteiger partial charge in [-0.05, 0) is 6.42 Å². The van der Waals surface area contributed by atoms with Crippen LogP contribution in [0.3, 0.4) is 0 Å². The van der Waals surface area contributed by atoms with Gasteiger partial charge in [0.05, 0.1) is 6.54 Å². The fourth-order valence-electron chi connectivity index (χ4n) is 0.281. The lowest BCUT2D eigenvalue weighted by Gasteiger charge is -2.00. The van der Waals surface area contributed by atoms with Crippen molar-refractivity contribution in [3.63, 3.8) is 0 Å². The minimum absolute atomic E-state index is 0.790. The molecule has 0 saturated heterocycles. The second-order valence-corrected chi connectivity index (χ2v) is 1.71. The van der Waals surface area contributed by atoms with E-state index in [-0.39, 0.29) is 0 Å². The fraction of sp³-hybridized carbons (Fsp3) is 0.667. The summed E-state index contributed by atoms with van der Waals surface area (Å²) in [5.41, 5.74) is 0. The van der Waals surface area contributed by atoms with E-state index in [9.17, 15) is 0 Å². The van der Waals surface area contributed by atoms with Crippen LogP contribution in [0, 0.1) is 0 Å². The largest absolute Gasteiger partial charge is 0.258 e. The molecule has 3 heteroatoms. The first-order valence-corrected chi connectivity index (χ1v) is 3.04. The lowest BCUT2D eigenvalue weighted by atomic mass is 10.5. The molecule has 0 radical (unpaired) electrons. The predicted molar refractivity (Wildman–Crippen MR) is 38.0 cm³/mol. The molecule has 0 aromatic heterocycles. The molecule has 0 spiro atoms. The topological polar surface area (TPSA) is 28.0 Å². The van der Waals surface area contributed by atoms with E-state index in [0.29, 0.717) is 0 Å². The summed E-state index contributed by atoms with van der Waals surface area (Å²) in [5, 5.41) is 9.19. The molecule has 0 heterocycles. The lowest BCUT2D eigenvalue weighted by molar-refractivity contribution is 0.446. The molecule has 0 N–H and O–H groups in total. The Bertz CT molecular complexity index is 98.5. The van der Waals surface area contributed by atoms with E-state index < -0.39 is 0 Å². The maximum absolute atomic E-state index is 3.84. The third kappa shape index (κ3) is 5.00. The Hall–Kier alpha value is -0.860. The molecule has 3 nitrogen and oxygen atoms in total. The Balaban J connectivity index is 3.31. The Morgan fingerprint density at radius 3 is 2.78 bits per heavy atom. The summed E-state index contributed by atoms with van der Waals surface area (Å²) in [6.45, 7) is 6.36. The molecule has 0 aliphatic rings. The van der Waals surface area contributed by atoms with Gasteiger partial charge in [0.2, 0.25) is 0 Å². The van der Waals surface area contributed by atoms with Crippen LogP contribution in [0.5, 0.6) is 0 Å². The zero-order valence-electron chi connectivity index (χ0n) is 6.04. The van der Waals surface area contributed by atoms with E-state index in [0.717, 1.165) is 13.0 Å². The second kappa shape index (κ2) is 5.28. The third-order valence-corrected chi connectivity index (χ3v) is 0.792. The van der Waals surface area contributed by atoms with Crippen LogP contribution in [0.4, 0.5) is 0 Å². The van der Waals surface area contributed by atoms with E-state index in [2.05, 4.69) is 23.8 Å². The molecule has 0 amide bonds. The van der Waals surface area contributed by atoms with Crippen molar-refractivity contribution in [1.82, 2.24) is 5.01 Å². The normalized spacial score (nSPS) is 10.0. The zero-order chi connectivity index (χ0) is 7.11. The van der Waals surface area contributed by atoms with Crippen molar-refractivity contribution in [3.05, 3.63) is 12.8 Å². The van der Waals surface area contributed by atoms with Crippen LogP contribution in [-0.2, 0) is 0 Å². The van der Waals surface area contributed by atoms with Gasteiger partial charge in [-0.2, -0.15) is 5.11 Å². The minimum Gasteiger partial charge on any atom is -0.258 e. The van der Waals surface area contributed by atoms with Crippen molar-refractivity contribution in [2.24, 2.45) is 10.3 Å². The molecule has 0 atom stereocenters. The van der Waals surface area contributed by atoms with Crippen molar-refractivity contribution in [3.8, 4) is 0 Å². The van der Waals surface area contributed by atoms with Crippen LogP contribution in [0.25, 0.3) is 0 Å². The van der Waals surface area contributed by atoms with Crippen LogP contribution in [0.2, 0.25) is 0 Å². The maximum Gasteiger partial charge on any atom is 0.0617 e. The third-order valence-electron chi connectivity index (χ3n) is 0.792. The molecule has 0 bridgehead atoms. The van der Waals surface area contributed by atoms with E-state index in [1.54, 1.807) is 18.3 Å². The summed E-state index contributed by atoms with van der Waals surface area (Å²) in [4.78, 5) is 0. The summed E-state index contributed by atoms with van der Waals surface area (Å²) in [7, 11) is 1.80. The monoisotopic (exact) mass is 127 g/mol. The first-order chi connectivity index (χ1) is 4.31. The molecule has 0 unspecified atom stereocenters. The molecule has 0 aromatic rings. The van der Waals surface area contributed by atoms with Crippen molar-refractivity contribution in [2.75, 3.05) is 13.6 Å². The predicted octanol–water partition coefficient (Wildman–Crippen LogP) is 1.84. The highest BCUT2D eigenvalue weighted by molar-refractivity contribution is 4.59. The maximum atomic E-state index is 3.84. The first-order valence-electron chi connectivity index (χ1n) is 3.04. The summed E-state index contributed by atoms with van der Waals surface area (Å²) < 4.78 is 0. The van der Waals surface area contributed by atoms with E-state index in [1.807, 2.05) is 0 Å². The highest BCUT2D eigenvalue weighted by Gasteiger charge is 1.78. The average molecular weight is 127 g/mol. The van der Waals surface area contributed by atoms with Gasteiger partial charge in [0.15, 0.2) is 0 Å². The van der Waals surface area contributed by atoms with Crippen LogP contribution in [-0.4, -0.2) is 18.6 Å². The van der Waals surface area contributed by atoms with Gasteiger partial charge in [-0.1, -0.05) is 18.7 Å². The highest BCUT2D eigenvalue weighted by atomic mass is 15.5. The van der Waals surface area contributed by atoms with Gasteiger partial charge in [-0.15, -0.1) is 0 Å². The summed E-state index contributed by atoms with van der Waals surface area (Å²) in [5.74, 6) is 0. The Kier molecular flexibility index (Phi) is 4.78. The van der Waals surface area contributed by atoms with E-state index in [1.165, 1.54) is 0 Å². The molecule has 0 aromatic carbocycles. The lowest BCUT2D eigenvalue weighted by Crippen LogP contribution is -1.97. The van der Waals surface area contributed by atoms with Crippen LogP contribution < -0.4 is 0 Å². The van der Waals surface area contributed by atoms with Gasteiger partial charge in [0, 0.05) is 13.2 Å². The Morgan fingerprint density at radius 1 is 1.67 bits per heavy atom. The van der Waals surface area contributed by atoms with Crippen molar-refractivity contribution in [2.45, 2.75) is 13.3 Å². The van der Waals surface area contributed by atoms with Crippen molar-refractivity contribution >= 4 is 0 Å². The molecular formula is C6H13N3. The Morgan fingerprint density at radius 2 is 2.33 bits per heavy atom. The number of hydrogen-bond donors (Lipinski definition) is 0. The zero-order valence-corrected chi connectivity index (χ0v) is 6.04. The highest BCUT2D eigenvalue weighted by Crippen LogP contribution is 1.85. The molecule has 52 valence electrons. The second-order valence-electron chi connectivity index (χ2n) is 1.71. The minimum atomic E-state index is 0.790. The average Bonchev–Trinajstić information content (AvgIpc) is 1.89. The Labute approximate surface area is 56.1 Å². The van der Waals surface area contributed by atoms with Gasteiger partial charge in [-0.25, -0.2) is 0 Å². The summed E-state index contributed by atoms with van der Waals surface area (Å²) in [6, 6.07) is 0. The number of hydrogen-bond acceptors (Lipinski definition) is 2. The van der Waals surface area contributed by atoms with Crippen molar-refractivity contribution < 1.29 is 0 Å². The van der Waals surface area contributed by atoms with Gasteiger partial charge in [-0.3, -0.25) is 5.01 Å². The van der Waals surface area contributed by atoms with E-state index in [4.69, 9.17) is 0 Å². The van der Waals surface area contributed by atoms with Crippen LogP contribution >= 0.6 is 0 Å². The van der Waals surface area contributed by atoms with Crippen LogP contribution in [0.15, 0.2) is 23.1 Å². The molecule has 0 saturated carbocycles. The molecule has 9 heavy (non-hydrogen) atoms. The molecule has 0 rings (SSSR count). The summed E-state index contributed by atoms with van der Waals surface area (Å²) in [6.07, 6.45) is 2.65. The van der Waals surface area contributed by atoms with Gasteiger partial charge in [0.25, 0.3) is 0 Å². The summed E-state index contributed by atoms with van der Waals surface area (Å²) >= 11 is 0.